The molecule has 2 fully saturated rings. The fourth-order valence-electron chi connectivity index (χ4n) is 5.32. The fourth-order valence-corrected chi connectivity index (χ4v) is 5.32. The monoisotopic (exact) mass is 283 g/mol. The van der Waals surface area contributed by atoms with E-state index < -0.39 is 0 Å². The van der Waals surface area contributed by atoms with Crippen molar-refractivity contribution < 1.29 is 9.52 Å². The Morgan fingerprint density at radius 3 is 3.10 bits per heavy atom. The first kappa shape index (κ1) is 12.1. The predicted molar refractivity (Wildman–Crippen MR) is 81.6 cm³/mol. The number of aromatic hydroxyl groups is 1. The molecular formula is C18H21NO2. The van der Waals surface area contributed by atoms with Crippen molar-refractivity contribution in [3.63, 3.8) is 0 Å². The minimum Gasteiger partial charge on any atom is -0.508 e. The predicted octanol–water partition coefficient (Wildman–Crippen LogP) is 3.65. The summed E-state index contributed by atoms with van der Waals surface area (Å²) < 4.78 is 6.26. The highest BCUT2D eigenvalue weighted by atomic mass is 16.3. The van der Waals surface area contributed by atoms with Crippen molar-refractivity contribution in [2.45, 2.75) is 50.6 Å². The molecule has 21 heavy (non-hydrogen) atoms. The second-order valence-electron chi connectivity index (χ2n) is 7.00. The molecule has 3 aliphatic heterocycles. The Morgan fingerprint density at radius 1 is 1.33 bits per heavy atom. The van der Waals surface area contributed by atoms with Crippen LogP contribution in [0.5, 0.6) is 5.75 Å². The number of phenolic OH excluding ortho intramolecular Hbond substituents is 1. The molecule has 2 aromatic rings. The number of hydrogen-bond donors (Lipinski definition) is 1. The molecule has 0 saturated carbocycles. The summed E-state index contributed by atoms with van der Waals surface area (Å²) in [4.78, 5) is 2.75. The Labute approximate surface area is 124 Å². The summed E-state index contributed by atoms with van der Waals surface area (Å²) in [5.74, 6) is 2.97. The molecule has 0 spiro atoms. The molecule has 4 heterocycles. The largest absolute Gasteiger partial charge is 0.508 e. The van der Waals surface area contributed by atoms with E-state index in [4.69, 9.17) is 4.42 Å². The number of rotatable bonds is 1. The van der Waals surface area contributed by atoms with Crippen molar-refractivity contribution in [3.8, 4) is 5.75 Å². The van der Waals surface area contributed by atoms with Gasteiger partial charge in [0.1, 0.15) is 17.1 Å². The van der Waals surface area contributed by atoms with Crippen molar-refractivity contribution in [3.05, 3.63) is 29.5 Å². The fraction of sp³-hybridized carbons (Fsp3) is 0.556. The van der Waals surface area contributed by atoms with Crippen LogP contribution < -0.4 is 0 Å². The lowest BCUT2D eigenvalue weighted by atomic mass is 9.78. The zero-order valence-electron chi connectivity index (χ0n) is 12.4. The van der Waals surface area contributed by atoms with E-state index >= 15 is 0 Å². The lowest BCUT2D eigenvalue weighted by Gasteiger charge is -2.27. The molecule has 1 aromatic carbocycles. The van der Waals surface area contributed by atoms with Crippen molar-refractivity contribution in [2.24, 2.45) is 5.92 Å². The van der Waals surface area contributed by atoms with Crippen LogP contribution in [-0.4, -0.2) is 28.6 Å². The Hall–Kier alpha value is -1.48. The smallest absolute Gasteiger partial charge is 0.134 e. The molecule has 3 nitrogen and oxygen atoms in total. The normalized spacial score (nSPS) is 36.9. The first-order chi connectivity index (χ1) is 10.3. The van der Waals surface area contributed by atoms with E-state index in [0.717, 1.165) is 35.9 Å². The summed E-state index contributed by atoms with van der Waals surface area (Å²) in [5.41, 5.74) is 2.30. The zero-order chi connectivity index (χ0) is 14.1. The van der Waals surface area contributed by atoms with Gasteiger partial charge in [0, 0.05) is 35.5 Å². The topological polar surface area (TPSA) is 36.6 Å². The third-order valence-corrected chi connectivity index (χ3v) is 6.13. The maximum absolute atomic E-state index is 9.79. The summed E-state index contributed by atoms with van der Waals surface area (Å²) in [6.45, 7) is 3.48. The van der Waals surface area contributed by atoms with Gasteiger partial charge < -0.3 is 9.52 Å². The molecule has 3 aliphatic rings. The molecule has 0 amide bonds. The van der Waals surface area contributed by atoms with E-state index in [1.807, 2.05) is 12.1 Å². The van der Waals surface area contributed by atoms with Gasteiger partial charge in [0.2, 0.25) is 0 Å². The molecule has 1 N–H and O–H groups in total. The highest BCUT2D eigenvalue weighted by Gasteiger charge is 2.54. The van der Waals surface area contributed by atoms with E-state index in [1.54, 1.807) is 6.07 Å². The first-order valence-corrected chi connectivity index (χ1v) is 8.26. The highest BCUT2D eigenvalue weighted by molar-refractivity contribution is 5.84. The Balaban J connectivity index is 1.69. The minimum atomic E-state index is 0.341. The molecule has 5 rings (SSSR count). The standard InChI is InChI=1S/C18H21NO2/c1-2-10-7-11-8-15-17(10)19(11)6-5-13-14-9-12(20)3-4-16(14)21-18(13)15/h3-4,9-11,15,17,20H,2,5-8H2,1H3. The quantitative estimate of drug-likeness (QED) is 0.868. The molecule has 5 atom stereocenters. The number of hydrogen-bond acceptors (Lipinski definition) is 3. The molecule has 1 aromatic heterocycles. The van der Waals surface area contributed by atoms with Crippen LogP contribution >= 0.6 is 0 Å². The number of nitrogens with zero attached hydrogens (tertiary/aromatic N) is 1. The van der Waals surface area contributed by atoms with Crippen LogP contribution in [0.25, 0.3) is 11.0 Å². The molecular weight excluding hydrogens is 262 g/mol. The van der Waals surface area contributed by atoms with E-state index in [0.29, 0.717) is 17.7 Å². The van der Waals surface area contributed by atoms with Crippen LogP contribution in [0.3, 0.4) is 0 Å². The van der Waals surface area contributed by atoms with E-state index in [2.05, 4.69) is 11.8 Å². The second-order valence-corrected chi connectivity index (χ2v) is 7.00. The summed E-state index contributed by atoms with van der Waals surface area (Å²) in [6.07, 6.45) is 4.99. The summed E-state index contributed by atoms with van der Waals surface area (Å²) in [5, 5.41) is 10.9. The number of fused-ring (bicyclic) bond motifs is 4. The van der Waals surface area contributed by atoms with Gasteiger partial charge in [-0.3, -0.25) is 4.90 Å². The van der Waals surface area contributed by atoms with E-state index in [-0.39, 0.29) is 0 Å². The first-order valence-electron chi connectivity index (χ1n) is 8.26. The number of phenols is 1. The zero-order valence-corrected chi connectivity index (χ0v) is 12.4. The van der Waals surface area contributed by atoms with Crippen LogP contribution in [-0.2, 0) is 6.42 Å². The molecule has 3 heteroatoms. The SMILES string of the molecule is CCC1CC2CC3c4oc5ccc(O)cc5c4CCN2C13. The van der Waals surface area contributed by atoms with Gasteiger partial charge >= 0.3 is 0 Å². The minimum absolute atomic E-state index is 0.341. The van der Waals surface area contributed by atoms with Gasteiger partial charge in [0.05, 0.1) is 0 Å². The molecule has 110 valence electrons. The van der Waals surface area contributed by atoms with Crippen molar-refractivity contribution >= 4 is 11.0 Å². The third-order valence-electron chi connectivity index (χ3n) is 6.13. The van der Waals surface area contributed by atoms with Crippen LogP contribution in [0.1, 0.15) is 43.4 Å². The molecule has 0 radical (unpaired) electrons. The van der Waals surface area contributed by atoms with Crippen molar-refractivity contribution in [1.29, 1.82) is 0 Å². The maximum Gasteiger partial charge on any atom is 0.134 e. The number of furan rings is 1. The van der Waals surface area contributed by atoms with Crippen LogP contribution in [0.4, 0.5) is 0 Å². The van der Waals surface area contributed by atoms with Crippen LogP contribution in [0.15, 0.2) is 22.6 Å². The van der Waals surface area contributed by atoms with E-state index in [1.165, 1.54) is 30.6 Å². The summed E-state index contributed by atoms with van der Waals surface area (Å²) in [6, 6.07) is 6.99. The Kier molecular flexibility index (Phi) is 2.33. The average molecular weight is 283 g/mol. The van der Waals surface area contributed by atoms with Crippen LogP contribution in [0.2, 0.25) is 0 Å². The van der Waals surface area contributed by atoms with E-state index in [9.17, 15) is 5.11 Å². The van der Waals surface area contributed by atoms with Gasteiger partial charge in [-0.15, -0.1) is 0 Å². The third kappa shape index (κ3) is 1.48. The second kappa shape index (κ2) is 4.04. The lowest BCUT2D eigenvalue weighted by molar-refractivity contribution is 0.230. The van der Waals surface area contributed by atoms with Gasteiger partial charge in [0.25, 0.3) is 0 Å². The molecule has 5 unspecified atom stereocenters. The number of benzene rings is 1. The molecule has 2 saturated heterocycles. The Bertz CT molecular complexity index is 719. The van der Waals surface area contributed by atoms with Gasteiger partial charge in [-0.2, -0.15) is 0 Å². The summed E-state index contributed by atoms with van der Waals surface area (Å²) in [7, 11) is 0. The van der Waals surface area contributed by atoms with Gasteiger partial charge in [0.15, 0.2) is 0 Å². The Morgan fingerprint density at radius 2 is 2.24 bits per heavy atom. The van der Waals surface area contributed by atoms with Crippen molar-refractivity contribution in [1.82, 2.24) is 4.90 Å². The molecule has 4 bridgehead atoms. The highest BCUT2D eigenvalue weighted by Crippen LogP contribution is 2.54. The van der Waals surface area contributed by atoms with Crippen molar-refractivity contribution in [2.75, 3.05) is 6.54 Å². The maximum atomic E-state index is 9.79. The molecule has 0 aliphatic carbocycles. The van der Waals surface area contributed by atoms with Gasteiger partial charge in [-0.25, -0.2) is 0 Å². The lowest BCUT2D eigenvalue weighted by Crippen LogP contribution is -2.32. The average Bonchev–Trinajstić information content (AvgIpc) is 3.08. The van der Waals surface area contributed by atoms with Crippen LogP contribution in [0, 0.1) is 5.92 Å². The summed E-state index contributed by atoms with van der Waals surface area (Å²) >= 11 is 0. The van der Waals surface area contributed by atoms with Gasteiger partial charge in [-0.05, 0) is 43.4 Å². The van der Waals surface area contributed by atoms with Gasteiger partial charge in [-0.1, -0.05) is 13.3 Å².